The number of thioether (sulfide) groups is 1. The molecule has 6 nitrogen and oxygen atoms in total. The van der Waals surface area contributed by atoms with Gasteiger partial charge in [0.15, 0.2) is 22.5 Å². The van der Waals surface area contributed by atoms with Gasteiger partial charge in [-0.2, -0.15) is 0 Å². The predicted octanol–water partition coefficient (Wildman–Crippen LogP) is 4.05. The van der Waals surface area contributed by atoms with E-state index in [1.54, 1.807) is 28.8 Å². The number of aromatic nitrogens is 3. The van der Waals surface area contributed by atoms with Gasteiger partial charge in [0.05, 0.1) is 5.75 Å². The molecule has 1 N–H and O–H groups in total. The third-order valence-electron chi connectivity index (χ3n) is 3.74. The first kappa shape index (κ1) is 20.5. The van der Waals surface area contributed by atoms with E-state index < -0.39 is 11.6 Å². The molecule has 2 aromatic carbocycles. The van der Waals surface area contributed by atoms with Crippen molar-refractivity contribution in [2.24, 2.45) is 0 Å². The standard InChI is InChI=1S/C20H18F2N4O2S/c1-2-10-26-18(12-28-17-9-4-3-8-16(17)22)24-25-20(26)29-13-19(27)23-15-7-5-6-14(21)11-15/h2-9,11H,1,10,12-13H2,(H,23,27). The van der Waals surface area contributed by atoms with Crippen molar-refractivity contribution < 1.29 is 18.3 Å². The maximum Gasteiger partial charge on any atom is 0.234 e. The Bertz CT molecular complexity index is 1010. The third kappa shape index (κ3) is 5.64. The highest BCUT2D eigenvalue weighted by Gasteiger charge is 2.15. The van der Waals surface area contributed by atoms with Crippen molar-refractivity contribution in [3.05, 3.63) is 78.6 Å². The highest BCUT2D eigenvalue weighted by atomic mass is 32.2. The first-order valence-corrected chi connectivity index (χ1v) is 9.64. The van der Waals surface area contributed by atoms with Crippen molar-refractivity contribution in [1.82, 2.24) is 14.8 Å². The van der Waals surface area contributed by atoms with Crippen LogP contribution in [0.4, 0.5) is 14.5 Å². The molecule has 0 spiro atoms. The molecule has 0 aliphatic rings. The second-order valence-corrected chi connectivity index (χ2v) is 6.81. The highest BCUT2D eigenvalue weighted by Crippen LogP contribution is 2.21. The highest BCUT2D eigenvalue weighted by molar-refractivity contribution is 7.99. The van der Waals surface area contributed by atoms with Crippen molar-refractivity contribution >= 4 is 23.4 Å². The third-order valence-corrected chi connectivity index (χ3v) is 4.71. The molecule has 0 saturated heterocycles. The number of anilines is 1. The molecule has 9 heteroatoms. The number of rotatable bonds is 9. The van der Waals surface area contributed by atoms with Crippen LogP contribution in [0.15, 0.2) is 66.3 Å². The second-order valence-electron chi connectivity index (χ2n) is 5.86. The van der Waals surface area contributed by atoms with E-state index in [1.807, 2.05) is 0 Å². The van der Waals surface area contributed by atoms with Crippen LogP contribution < -0.4 is 10.1 Å². The Morgan fingerprint density at radius 1 is 1.21 bits per heavy atom. The van der Waals surface area contributed by atoms with Gasteiger partial charge in [0.2, 0.25) is 5.91 Å². The molecule has 0 radical (unpaired) electrons. The summed E-state index contributed by atoms with van der Waals surface area (Å²) in [7, 11) is 0. The average Bonchev–Trinajstić information content (AvgIpc) is 3.08. The normalized spacial score (nSPS) is 10.6. The smallest absolute Gasteiger partial charge is 0.234 e. The number of nitrogens with zero attached hydrogens (tertiary/aromatic N) is 3. The monoisotopic (exact) mass is 416 g/mol. The van der Waals surface area contributed by atoms with Gasteiger partial charge in [0, 0.05) is 12.2 Å². The summed E-state index contributed by atoms with van der Waals surface area (Å²) in [6.45, 7) is 4.12. The van der Waals surface area contributed by atoms with Gasteiger partial charge in [-0.3, -0.25) is 9.36 Å². The number of hydrogen-bond donors (Lipinski definition) is 1. The van der Waals surface area contributed by atoms with Crippen LogP contribution in [0.5, 0.6) is 5.75 Å². The zero-order chi connectivity index (χ0) is 20.6. The lowest BCUT2D eigenvalue weighted by Gasteiger charge is -2.10. The van der Waals surface area contributed by atoms with E-state index in [9.17, 15) is 13.6 Å². The molecule has 1 heterocycles. The van der Waals surface area contributed by atoms with Crippen molar-refractivity contribution in [2.45, 2.75) is 18.3 Å². The molecule has 0 atom stereocenters. The lowest BCUT2D eigenvalue weighted by molar-refractivity contribution is -0.113. The average molecular weight is 416 g/mol. The number of nitrogens with one attached hydrogen (secondary N) is 1. The minimum Gasteiger partial charge on any atom is -0.483 e. The quantitative estimate of drug-likeness (QED) is 0.421. The summed E-state index contributed by atoms with van der Waals surface area (Å²) in [6, 6.07) is 11.7. The fourth-order valence-electron chi connectivity index (χ4n) is 2.44. The molecule has 3 rings (SSSR count). The number of hydrogen-bond acceptors (Lipinski definition) is 5. The van der Waals surface area contributed by atoms with E-state index in [1.165, 1.54) is 42.1 Å². The maximum atomic E-state index is 13.7. The van der Waals surface area contributed by atoms with Gasteiger partial charge in [-0.25, -0.2) is 8.78 Å². The van der Waals surface area contributed by atoms with Crippen molar-refractivity contribution in [1.29, 1.82) is 0 Å². The molecule has 0 aliphatic heterocycles. The molecule has 0 bridgehead atoms. The Balaban J connectivity index is 1.62. The number of benzene rings is 2. The van der Waals surface area contributed by atoms with Gasteiger partial charge >= 0.3 is 0 Å². The lowest BCUT2D eigenvalue weighted by Crippen LogP contribution is -2.15. The SMILES string of the molecule is C=CCn1c(COc2ccccc2F)nnc1SCC(=O)Nc1cccc(F)c1. The first-order valence-electron chi connectivity index (χ1n) is 8.65. The number of amides is 1. The zero-order valence-electron chi connectivity index (χ0n) is 15.3. The van der Waals surface area contributed by atoms with Crippen molar-refractivity contribution in [3.8, 4) is 5.75 Å². The van der Waals surface area contributed by atoms with Crippen LogP contribution in [0.1, 0.15) is 5.82 Å². The van der Waals surface area contributed by atoms with E-state index in [-0.39, 0.29) is 24.0 Å². The minimum atomic E-state index is -0.467. The Morgan fingerprint density at radius 3 is 2.79 bits per heavy atom. The second kappa shape index (κ2) is 9.83. The van der Waals surface area contributed by atoms with Gasteiger partial charge in [0.25, 0.3) is 0 Å². The van der Waals surface area contributed by atoms with E-state index in [2.05, 4.69) is 22.1 Å². The van der Waals surface area contributed by atoms with E-state index in [0.717, 1.165) is 0 Å². The molecule has 0 unspecified atom stereocenters. The van der Waals surface area contributed by atoms with Crippen LogP contribution in [0.3, 0.4) is 0 Å². The molecule has 0 aliphatic carbocycles. The largest absolute Gasteiger partial charge is 0.483 e. The van der Waals surface area contributed by atoms with E-state index >= 15 is 0 Å². The number of para-hydroxylation sites is 1. The van der Waals surface area contributed by atoms with Crippen LogP contribution in [0, 0.1) is 11.6 Å². The lowest BCUT2D eigenvalue weighted by atomic mass is 10.3. The fourth-order valence-corrected chi connectivity index (χ4v) is 3.21. The van der Waals surface area contributed by atoms with Crippen LogP contribution in [0.25, 0.3) is 0 Å². The topological polar surface area (TPSA) is 69.0 Å². The molecular formula is C20H18F2N4O2S. The molecule has 0 saturated carbocycles. The summed E-state index contributed by atoms with van der Waals surface area (Å²) >= 11 is 1.17. The van der Waals surface area contributed by atoms with Crippen molar-refractivity contribution in [2.75, 3.05) is 11.1 Å². The van der Waals surface area contributed by atoms with Crippen molar-refractivity contribution in [3.63, 3.8) is 0 Å². The zero-order valence-corrected chi connectivity index (χ0v) is 16.2. The summed E-state index contributed by atoms with van der Waals surface area (Å²) in [5.41, 5.74) is 0.377. The molecule has 1 amide bonds. The van der Waals surface area contributed by atoms with E-state index in [4.69, 9.17) is 4.74 Å². The summed E-state index contributed by atoms with van der Waals surface area (Å²) in [5, 5.41) is 11.3. The molecule has 1 aromatic heterocycles. The van der Waals surface area contributed by atoms with E-state index in [0.29, 0.717) is 23.2 Å². The molecule has 29 heavy (non-hydrogen) atoms. The Labute approximate surface area is 170 Å². The number of halogens is 2. The fraction of sp³-hybridized carbons (Fsp3) is 0.150. The number of carbonyl (C=O) groups excluding carboxylic acids is 1. The molecule has 0 fully saturated rings. The van der Waals surface area contributed by atoms with Crippen LogP contribution >= 0.6 is 11.8 Å². The van der Waals surface area contributed by atoms with Gasteiger partial charge < -0.3 is 10.1 Å². The van der Waals surface area contributed by atoms with Gasteiger partial charge in [-0.15, -0.1) is 16.8 Å². The van der Waals surface area contributed by atoms with Crippen LogP contribution in [-0.4, -0.2) is 26.4 Å². The van der Waals surface area contributed by atoms with Gasteiger partial charge in [0.1, 0.15) is 12.4 Å². The van der Waals surface area contributed by atoms with Crippen LogP contribution in [-0.2, 0) is 17.9 Å². The Morgan fingerprint density at radius 2 is 2.03 bits per heavy atom. The van der Waals surface area contributed by atoms with Crippen LogP contribution in [0.2, 0.25) is 0 Å². The molecular weight excluding hydrogens is 398 g/mol. The summed E-state index contributed by atoms with van der Waals surface area (Å²) in [6.07, 6.45) is 1.66. The number of ether oxygens (including phenoxy) is 1. The maximum absolute atomic E-state index is 13.7. The Hall–Kier alpha value is -3.20. The molecule has 3 aromatic rings. The summed E-state index contributed by atoms with van der Waals surface area (Å²) < 4.78 is 34.1. The number of carbonyl (C=O) groups is 1. The first-order chi connectivity index (χ1) is 14.1. The molecule has 150 valence electrons. The number of allylic oxidation sites excluding steroid dienone is 1. The Kier molecular flexibility index (Phi) is 6.96. The predicted molar refractivity (Wildman–Crippen MR) is 107 cm³/mol. The summed E-state index contributed by atoms with van der Waals surface area (Å²) in [5.74, 6) is -0.560. The van der Waals surface area contributed by atoms with Gasteiger partial charge in [-0.05, 0) is 30.3 Å². The summed E-state index contributed by atoms with van der Waals surface area (Å²) in [4.78, 5) is 12.1. The van der Waals surface area contributed by atoms with Gasteiger partial charge in [-0.1, -0.05) is 36.0 Å². The minimum absolute atomic E-state index is 0.0117.